The van der Waals surface area contributed by atoms with Gasteiger partial charge in [-0.25, -0.2) is 4.98 Å². The van der Waals surface area contributed by atoms with Gasteiger partial charge < -0.3 is 14.5 Å². The van der Waals surface area contributed by atoms with E-state index in [0.29, 0.717) is 18.7 Å². The third kappa shape index (κ3) is 3.75. The zero-order valence-electron chi connectivity index (χ0n) is 15.0. The second-order valence-electron chi connectivity index (χ2n) is 6.51. The molecule has 1 amide bonds. The maximum atomic E-state index is 12.8. The Morgan fingerprint density at radius 3 is 3.08 bits per heavy atom. The minimum absolute atomic E-state index is 0.0200. The van der Waals surface area contributed by atoms with Crippen molar-refractivity contribution in [1.29, 1.82) is 0 Å². The number of aromatic nitrogens is 3. The van der Waals surface area contributed by atoms with Gasteiger partial charge >= 0.3 is 0 Å². The van der Waals surface area contributed by atoms with Gasteiger partial charge in [0.25, 0.3) is 5.91 Å². The first-order chi connectivity index (χ1) is 12.1. The summed E-state index contributed by atoms with van der Waals surface area (Å²) in [5.74, 6) is 1.58. The molecule has 1 fully saturated rings. The predicted molar refractivity (Wildman–Crippen MR) is 96.1 cm³/mol. The van der Waals surface area contributed by atoms with E-state index < -0.39 is 0 Å². The van der Waals surface area contributed by atoms with Crippen molar-refractivity contribution in [2.45, 2.75) is 32.3 Å². The first-order valence-corrected chi connectivity index (χ1v) is 8.70. The fourth-order valence-corrected chi connectivity index (χ4v) is 3.11. The Morgan fingerprint density at radius 2 is 2.32 bits per heavy atom. The van der Waals surface area contributed by atoms with E-state index >= 15 is 0 Å². The summed E-state index contributed by atoms with van der Waals surface area (Å²) < 4.78 is 6.12. The van der Waals surface area contributed by atoms with E-state index in [-0.39, 0.29) is 12.0 Å². The summed E-state index contributed by atoms with van der Waals surface area (Å²) in [5, 5.41) is 6.97. The van der Waals surface area contributed by atoms with Crippen LogP contribution in [0.4, 0.5) is 5.82 Å². The number of nitrogens with one attached hydrogen (secondary N) is 1. The van der Waals surface area contributed by atoms with Crippen LogP contribution in [0.15, 0.2) is 24.5 Å². The highest BCUT2D eigenvalue weighted by Crippen LogP contribution is 2.27. The second kappa shape index (κ2) is 7.55. The van der Waals surface area contributed by atoms with E-state index in [1.807, 2.05) is 36.0 Å². The normalized spacial score (nSPS) is 16.9. The Hall–Kier alpha value is -2.57. The smallest absolute Gasteiger partial charge is 0.257 e. The van der Waals surface area contributed by atoms with Crippen molar-refractivity contribution in [3.8, 4) is 5.75 Å². The van der Waals surface area contributed by atoms with Crippen LogP contribution in [0.2, 0.25) is 0 Å². The van der Waals surface area contributed by atoms with Crippen LogP contribution >= 0.6 is 0 Å². The second-order valence-corrected chi connectivity index (χ2v) is 6.51. The van der Waals surface area contributed by atoms with Crippen molar-refractivity contribution in [2.75, 3.05) is 32.1 Å². The average molecular weight is 343 g/mol. The summed E-state index contributed by atoms with van der Waals surface area (Å²) in [7, 11) is 3.88. The summed E-state index contributed by atoms with van der Waals surface area (Å²) in [4.78, 5) is 20.9. The van der Waals surface area contributed by atoms with E-state index in [1.54, 1.807) is 12.4 Å². The molecule has 0 saturated carbocycles. The molecule has 25 heavy (non-hydrogen) atoms. The number of aryl methyl sites for hydroxylation is 1. The third-order valence-corrected chi connectivity index (χ3v) is 4.35. The average Bonchev–Trinajstić information content (AvgIpc) is 3.24. The molecule has 1 N–H and O–H groups in total. The number of carbonyl (C=O) groups excluding carboxylic acids is 1. The van der Waals surface area contributed by atoms with Crippen LogP contribution in [0, 0.1) is 0 Å². The summed E-state index contributed by atoms with van der Waals surface area (Å²) in [6.45, 7) is 3.36. The highest BCUT2D eigenvalue weighted by atomic mass is 16.5. The van der Waals surface area contributed by atoms with E-state index in [2.05, 4.69) is 22.1 Å². The van der Waals surface area contributed by atoms with Gasteiger partial charge in [0, 0.05) is 39.0 Å². The monoisotopic (exact) mass is 343 g/mol. The number of pyridine rings is 1. The van der Waals surface area contributed by atoms with Crippen LogP contribution in [-0.2, 0) is 6.42 Å². The van der Waals surface area contributed by atoms with Gasteiger partial charge in [-0.2, -0.15) is 5.10 Å². The molecule has 0 spiro atoms. The van der Waals surface area contributed by atoms with Gasteiger partial charge in [-0.1, -0.05) is 13.3 Å². The SMILES string of the molecule is CCCc1[nH]ncc1C(=O)N1CCC(Oc2cccnc2N(C)C)C1. The first-order valence-electron chi connectivity index (χ1n) is 8.70. The molecule has 1 saturated heterocycles. The maximum Gasteiger partial charge on any atom is 0.257 e. The van der Waals surface area contributed by atoms with Gasteiger partial charge in [0.05, 0.1) is 18.3 Å². The van der Waals surface area contributed by atoms with E-state index in [1.165, 1.54) is 0 Å². The van der Waals surface area contributed by atoms with Crippen molar-refractivity contribution in [2.24, 2.45) is 0 Å². The fraction of sp³-hybridized carbons (Fsp3) is 0.500. The standard InChI is InChI=1S/C18H25N5O2/c1-4-6-15-14(11-20-21-15)18(24)23-10-8-13(12-23)25-16-7-5-9-19-17(16)22(2)3/h5,7,9,11,13H,4,6,8,10,12H2,1-3H3,(H,20,21). The molecule has 0 bridgehead atoms. The molecule has 7 heteroatoms. The summed E-state index contributed by atoms with van der Waals surface area (Å²) >= 11 is 0. The Kier molecular flexibility index (Phi) is 5.21. The number of amides is 1. The predicted octanol–water partition coefficient (Wildman–Crippen LogP) is 2.12. The molecule has 2 aromatic rings. The minimum atomic E-state index is -0.0200. The lowest BCUT2D eigenvalue weighted by Crippen LogP contribution is -2.31. The number of rotatable bonds is 6. The number of hydrogen-bond acceptors (Lipinski definition) is 5. The van der Waals surface area contributed by atoms with Crippen molar-refractivity contribution >= 4 is 11.7 Å². The van der Waals surface area contributed by atoms with E-state index in [4.69, 9.17) is 4.74 Å². The number of carbonyl (C=O) groups is 1. The number of anilines is 1. The Labute approximate surface area is 148 Å². The molecule has 134 valence electrons. The molecule has 3 heterocycles. The molecule has 1 atom stereocenters. The lowest BCUT2D eigenvalue weighted by Gasteiger charge is -2.20. The van der Waals surface area contributed by atoms with Crippen LogP contribution in [-0.4, -0.2) is 59.3 Å². The quantitative estimate of drug-likeness (QED) is 0.869. The highest BCUT2D eigenvalue weighted by Gasteiger charge is 2.30. The number of nitrogens with zero attached hydrogens (tertiary/aromatic N) is 4. The van der Waals surface area contributed by atoms with Gasteiger partial charge in [-0.3, -0.25) is 9.89 Å². The maximum absolute atomic E-state index is 12.8. The molecule has 7 nitrogen and oxygen atoms in total. The van der Waals surface area contributed by atoms with Crippen molar-refractivity contribution in [1.82, 2.24) is 20.1 Å². The molecule has 1 aliphatic rings. The molecule has 0 aromatic carbocycles. The number of likely N-dealkylation sites (tertiary alicyclic amines) is 1. The molecular formula is C18H25N5O2. The first kappa shape index (κ1) is 17.3. The van der Waals surface area contributed by atoms with Gasteiger partial charge in [-0.05, 0) is 18.6 Å². The van der Waals surface area contributed by atoms with Gasteiger partial charge in [0.1, 0.15) is 6.10 Å². The van der Waals surface area contributed by atoms with Crippen LogP contribution in [0.1, 0.15) is 35.8 Å². The lowest BCUT2D eigenvalue weighted by atomic mass is 10.1. The van der Waals surface area contributed by atoms with Gasteiger partial charge in [0.2, 0.25) is 0 Å². The molecular weight excluding hydrogens is 318 g/mol. The molecule has 2 aromatic heterocycles. The fourth-order valence-electron chi connectivity index (χ4n) is 3.11. The van der Waals surface area contributed by atoms with Gasteiger partial charge in [-0.15, -0.1) is 0 Å². The number of H-pyrrole nitrogens is 1. The zero-order valence-corrected chi connectivity index (χ0v) is 15.0. The summed E-state index contributed by atoms with van der Waals surface area (Å²) in [5.41, 5.74) is 1.59. The number of aromatic amines is 1. The zero-order chi connectivity index (χ0) is 17.8. The third-order valence-electron chi connectivity index (χ3n) is 4.35. The van der Waals surface area contributed by atoms with Crippen LogP contribution in [0.3, 0.4) is 0 Å². The van der Waals surface area contributed by atoms with Crippen molar-refractivity contribution in [3.63, 3.8) is 0 Å². The van der Waals surface area contributed by atoms with Crippen LogP contribution in [0.25, 0.3) is 0 Å². The van der Waals surface area contributed by atoms with E-state index in [0.717, 1.165) is 36.5 Å². The minimum Gasteiger partial charge on any atom is -0.485 e. The topological polar surface area (TPSA) is 74.3 Å². The van der Waals surface area contributed by atoms with Gasteiger partial charge in [0.15, 0.2) is 11.6 Å². The molecule has 1 aliphatic heterocycles. The van der Waals surface area contributed by atoms with Crippen molar-refractivity contribution < 1.29 is 9.53 Å². The molecule has 1 unspecified atom stereocenters. The van der Waals surface area contributed by atoms with Crippen LogP contribution in [0.5, 0.6) is 5.75 Å². The molecule has 0 aliphatic carbocycles. The molecule has 3 rings (SSSR count). The summed E-state index contributed by atoms with van der Waals surface area (Å²) in [6, 6.07) is 3.78. The van der Waals surface area contributed by atoms with E-state index in [9.17, 15) is 4.79 Å². The van der Waals surface area contributed by atoms with Crippen molar-refractivity contribution in [3.05, 3.63) is 35.8 Å². The summed E-state index contributed by atoms with van der Waals surface area (Å²) in [6.07, 6.45) is 5.98. The Bertz CT molecular complexity index is 728. The number of ether oxygens (including phenoxy) is 1. The Balaban J connectivity index is 1.66. The largest absolute Gasteiger partial charge is 0.485 e. The highest BCUT2D eigenvalue weighted by molar-refractivity contribution is 5.95. The lowest BCUT2D eigenvalue weighted by molar-refractivity contribution is 0.0771. The van der Waals surface area contributed by atoms with Crippen LogP contribution < -0.4 is 9.64 Å². The Morgan fingerprint density at radius 1 is 1.48 bits per heavy atom. The number of hydrogen-bond donors (Lipinski definition) is 1. The molecule has 0 radical (unpaired) electrons.